The second-order valence-electron chi connectivity index (χ2n) is 3.98. The monoisotopic (exact) mass is 263 g/mol. The lowest BCUT2D eigenvalue weighted by molar-refractivity contribution is 0.156. The Balaban J connectivity index is 1.97. The van der Waals surface area contributed by atoms with Gasteiger partial charge in [0.25, 0.3) is 0 Å². The van der Waals surface area contributed by atoms with Crippen molar-refractivity contribution in [2.45, 2.75) is 31.8 Å². The lowest BCUT2D eigenvalue weighted by atomic mass is 10.0. The summed E-state index contributed by atoms with van der Waals surface area (Å²) in [6.07, 6.45) is 3.86. The molecule has 2 heterocycles. The summed E-state index contributed by atoms with van der Waals surface area (Å²) >= 11 is 13.6. The summed E-state index contributed by atoms with van der Waals surface area (Å²) < 4.78 is 0.879. The van der Waals surface area contributed by atoms with Gasteiger partial charge in [-0.2, -0.15) is 0 Å². The molecule has 15 heavy (non-hydrogen) atoms. The van der Waals surface area contributed by atoms with Crippen LogP contribution in [0.15, 0.2) is 12.1 Å². The van der Waals surface area contributed by atoms with E-state index in [0.717, 1.165) is 16.8 Å². The normalized spacial score (nSPS) is 23.2. The van der Waals surface area contributed by atoms with Gasteiger partial charge in [0.1, 0.15) is 0 Å². The van der Waals surface area contributed by atoms with E-state index in [1.54, 1.807) is 11.3 Å². The number of thiophene rings is 1. The van der Waals surface area contributed by atoms with E-state index in [0.29, 0.717) is 6.04 Å². The standard InChI is InChI=1S/C11H15Cl2NS/c12-7-9-3-1-2-6-14(9)8-10-4-5-11(13)15-10/h4-5,9H,1-3,6-8H2. The molecule has 0 bridgehead atoms. The Hall–Kier alpha value is 0.240. The van der Waals surface area contributed by atoms with E-state index in [1.165, 1.54) is 30.7 Å². The summed E-state index contributed by atoms with van der Waals surface area (Å²) in [7, 11) is 0. The number of hydrogen-bond donors (Lipinski definition) is 0. The average molecular weight is 264 g/mol. The molecule has 1 aromatic heterocycles. The van der Waals surface area contributed by atoms with Gasteiger partial charge < -0.3 is 0 Å². The average Bonchev–Trinajstić information content (AvgIpc) is 2.65. The van der Waals surface area contributed by atoms with Crippen molar-refractivity contribution in [3.8, 4) is 0 Å². The van der Waals surface area contributed by atoms with E-state index in [4.69, 9.17) is 23.2 Å². The number of alkyl halides is 1. The number of likely N-dealkylation sites (tertiary alicyclic amines) is 1. The zero-order chi connectivity index (χ0) is 10.7. The molecular formula is C11H15Cl2NS. The van der Waals surface area contributed by atoms with Gasteiger partial charge in [0.15, 0.2) is 0 Å². The van der Waals surface area contributed by atoms with Gasteiger partial charge >= 0.3 is 0 Å². The fourth-order valence-corrected chi connectivity index (χ4v) is 3.54. The maximum absolute atomic E-state index is 5.98. The second-order valence-corrected chi connectivity index (χ2v) is 6.09. The largest absolute Gasteiger partial charge is 0.294 e. The SMILES string of the molecule is ClCC1CCCCN1Cc1ccc(Cl)s1. The molecule has 0 amide bonds. The van der Waals surface area contributed by atoms with Gasteiger partial charge in [0.2, 0.25) is 0 Å². The molecule has 1 fully saturated rings. The molecule has 1 nitrogen and oxygen atoms in total. The predicted molar refractivity (Wildman–Crippen MR) is 68.1 cm³/mol. The highest BCUT2D eigenvalue weighted by molar-refractivity contribution is 7.16. The number of nitrogens with zero attached hydrogens (tertiary/aromatic N) is 1. The molecule has 1 saturated heterocycles. The molecule has 1 atom stereocenters. The van der Waals surface area contributed by atoms with Crippen LogP contribution in [0.1, 0.15) is 24.1 Å². The third kappa shape index (κ3) is 3.10. The van der Waals surface area contributed by atoms with Crippen molar-refractivity contribution in [1.29, 1.82) is 0 Å². The molecule has 0 spiro atoms. The molecule has 1 unspecified atom stereocenters. The summed E-state index contributed by atoms with van der Waals surface area (Å²) in [6, 6.07) is 4.65. The molecule has 0 saturated carbocycles. The first-order valence-corrected chi connectivity index (χ1v) is 7.06. The fourth-order valence-electron chi connectivity index (χ4n) is 2.08. The molecule has 84 valence electrons. The van der Waals surface area contributed by atoms with Crippen LogP contribution >= 0.6 is 34.5 Å². The number of piperidine rings is 1. The summed E-state index contributed by atoms with van der Waals surface area (Å²) in [5, 5.41) is 0. The molecular weight excluding hydrogens is 249 g/mol. The van der Waals surface area contributed by atoms with E-state index in [2.05, 4.69) is 11.0 Å². The van der Waals surface area contributed by atoms with Gasteiger partial charge in [0, 0.05) is 23.3 Å². The maximum Gasteiger partial charge on any atom is 0.0931 e. The molecule has 0 aliphatic carbocycles. The van der Waals surface area contributed by atoms with Crippen LogP contribution < -0.4 is 0 Å². The zero-order valence-electron chi connectivity index (χ0n) is 8.59. The van der Waals surface area contributed by atoms with Crippen LogP contribution in [-0.4, -0.2) is 23.4 Å². The molecule has 1 aliphatic rings. The number of rotatable bonds is 3. The van der Waals surface area contributed by atoms with Gasteiger partial charge in [0.05, 0.1) is 4.34 Å². The highest BCUT2D eigenvalue weighted by Crippen LogP contribution is 2.26. The maximum atomic E-state index is 5.98. The first-order chi connectivity index (χ1) is 7.29. The van der Waals surface area contributed by atoms with Crippen LogP contribution in [0, 0.1) is 0 Å². The minimum absolute atomic E-state index is 0.557. The van der Waals surface area contributed by atoms with E-state index >= 15 is 0 Å². The first kappa shape index (κ1) is 11.7. The van der Waals surface area contributed by atoms with Crippen LogP contribution in [-0.2, 0) is 6.54 Å². The van der Waals surface area contributed by atoms with Crippen LogP contribution in [0.5, 0.6) is 0 Å². The zero-order valence-corrected chi connectivity index (χ0v) is 10.9. The van der Waals surface area contributed by atoms with Crippen LogP contribution in [0.4, 0.5) is 0 Å². The highest BCUT2D eigenvalue weighted by atomic mass is 35.5. The van der Waals surface area contributed by atoms with Gasteiger partial charge in [-0.15, -0.1) is 22.9 Å². The Labute approximate surface area is 105 Å². The molecule has 0 aromatic carbocycles. The van der Waals surface area contributed by atoms with Gasteiger partial charge in [-0.25, -0.2) is 0 Å². The molecule has 0 N–H and O–H groups in total. The summed E-state index contributed by atoms with van der Waals surface area (Å²) in [4.78, 5) is 3.83. The smallest absolute Gasteiger partial charge is 0.0931 e. The van der Waals surface area contributed by atoms with Crippen molar-refractivity contribution in [2.75, 3.05) is 12.4 Å². The Kier molecular flexibility index (Phi) is 4.32. The third-order valence-corrected chi connectivity index (χ3v) is 4.49. The number of hydrogen-bond acceptors (Lipinski definition) is 2. The van der Waals surface area contributed by atoms with Crippen molar-refractivity contribution in [3.05, 3.63) is 21.3 Å². The first-order valence-electron chi connectivity index (χ1n) is 5.34. The Morgan fingerprint density at radius 3 is 2.93 bits per heavy atom. The van der Waals surface area contributed by atoms with Crippen molar-refractivity contribution < 1.29 is 0 Å². The predicted octanol–water partition coefficient (Wildman–Crippen LogP) is 3.99. The van der Waals surface area contributed by atoms with Crippen LogP contribution in [0.25, 0.3) is 0 Å². The third-order valence-electron chi connectivity index (χ3n) is 2.91. The molecule has 1 aliphatic heterocycles. The van der Waals surface area contributed by atoms with Crippen molar-refractivity contribution >= 4 is 34.5 Å². The lowest BCUT2D eigenvalue weighted by Gasteiger charge is -2.34. The molecule has 1 aromatic rings. The second kappa shape index (κ2) is 5.53. The van der Waals surface area contributed by atoms with Gasteiger partial charge in [-0.1, -0.05) is 18.0 Å². The van der Waals surface area contributed by atoms with Crippen molar-refractivity contribution in [1.82, 2.24) is 4.90 Å². The van der Waals surface area contributed by atoms with Crippen molar-refractivity contribution in [3.63, 3.8) is 0 Å². The molecule has 0 radical (unpaired) electrons. The minimum Gasteiger partial charge on any atom is -0.294 e. The summed E-state index contributed by atoms with van der Waals surface area (Å²) in [6.45, 7) is 2.18. The number of halogens is 2. The highest BCUT2D eigenvalue weighted by Gasteiger charge is 2.21. The Bertz CT molecular complexity index is 313. The van der Waals surface area contributed by atoms with Gasteiger partial charge in [-0.05, 0) is 31.5 Å². The van der Waals surface area contributed by atoms with Crippen molar-refractivity contribution in [2.24, 2.45) is 0 Å². The topological polar surface area (TPSA) is 3.24 Å². The Morgan fingerprint density at radius 2 is 2.27 bits per heavy atom. The summed E-state index contributed by atoms with van der Waals surface area (Å²) in [5.74, 6) is 0.749. The van der Waals surface area contributed by atoms with E-state index in [1.807, 2.05) is 6.07 Å². The fraction of sp³-hybridized carbons (Fsp3) is 0.636. The quantitative estimate of drug-likeness (QED) is 0.746. The van der Waals surface area contributed by atoms with E-state index in [9.17, 15) is 0 Å². The summed E-state index contributed by atoms with van der Waals surface area (Å²) in [5.41, 5.74) is 0. The lowest BCUT2D eigenvalue weighted by Crippen LogP contribution is -2.39. The molecule has 2 rings (SSSR count). The molecule has 4 heteroatoms. The van der Waals surface area contributed by atoms with Crippen LogP contribution in [0.3, 0.4) is 0 Å². The Morgan fingerprint density at radius 1 is 1.40 bits per heavy atom. The van der Waals surface area contributed by atoms with E-state index < -0.39 is 0 Å². The van der Waals surface area contributed by atoms with Gasteiger partial charge in [-0.3, -0.25) is 4.90 Å². The van der Waals surface area contributed by atoms with E-state index in [-0.39, 0.29) is 0 Å². The minimum atomic E-state index is 0.557. The van der Waals surface area contributed by atoms with Crippen LogP contribution in [0.2, 0.25) is 4.34 Å².